The molecule has 1 aromatic rings. The van der Waals surface area contributed by atoms with Crippen LogP contribution >= 0.6 is 27.3 Å². The van der Waals surface area contributed by atoms with E-state index in [0.29, 0.717) is 12.6 Å². The molecule has 0 bridgehead atoms. The summed E-state index contributed by atoms with van der Waals surface area (Å²) in [5.74, 6) is 0.738. The van der Waals surface area contributed by atoms with Crippen LogP contribution in [-0.4, -0.2) is 24.0 Å². The summed E-state index contributed by atoms with van der Waals surface area (Å²) in [6.07, 6.45) is 4.81. The van der Waals surface area contributed by atoms with Crippen molar-refractivity contribution in [2.24, 2.45) is 5.92 Å². The topological polar surface area (TPSA) is 32.3 Å². The second-order valence-electron chi connectivity index (χ2n) is 5.43. The minimum atomic E-state index is 0.0450. The molecule has 1 saturated carbocycles. The number of hydrogen-bond acceptors (Lipinski definition) is 2. The van der Waals surface area contributed by atoms with Crippen LogP contribution in [0.3, 0.4) is 0 Å². The van der Waals surface area contributed by atoms with Gasteiger partial charge in [0.1, 0.15) is 0 Å². The van der Waals surface area contributed by atoms with Crippen molar-refractivity contribution >= 4 is 33.3 Å². The Balaban J connectivity index is 1.81. The Kier molecular flexibility index (Phi) is 5.28. The highest BCUT2D eigenvalue weighted by molar-refractivity contribution is 9.10. The highest BCUT2D eigenvalue weighted by Gasteiger charge is 2.25. The number of rotatable bonds is 3. The van der Waals surface area contributed by atoms with Gasteiger partial charge in [-0.25, -0.2) is 4.79 Å². The van der Waals surface area contributed by atoms with Crippen LogP contribution in [0.1, 0.15) is 37.5 Å². The maximum absolute atomic E-state index is 12.1. The number of carbonyl (C=O) groups is 1. The quantitative estimate of drug-likeness (QED) is 0.874. The third-order valence-corrected chi connectivity index (χ3v) is 5.51. The first-order chi connectivity index (χ1) is 9.06. The minimum absolute atomic E-state index is 0.0450. The SMILES string of the molecule is CC1CCCC(N(C)C(=O)NCc2cc(Br)cs2)C1. The molecule has 0 radical (unpaired) electrons. The predicted molar refractivity (Wildman–Crippen MR) is 83.4 cm³/mol. The molecule has 19 heavy (non-hydrogen) atoms. The maximum atomic E-state index is 12.1. The first kappa shape index (κ1) is 14.9. The van der Waals surface area contributed by atoms with Crippen LogP contribution in [0.5, 0.6) is 0 Å². The molecule has 106 valence electrons. The lowest BCUT2D eigenvalue weighted by molar-refractivity contribution is 0.160. The van der Waals surface area contributed by atoms with E-state index in [9.17, 15) is 4.79 Å². The van der Waals surface area contributed by atoms with Gasteiger partial charge in [-0.1, -0.05) is 19.8 Å². The zero-order valence-corrected chi connectivity index (χ0v) is 13.9. The Hall–Kier alpha value is -0.550. The molecule has 2 atom stereocenters. The van der Waals surface area contributed by atoms with Crippen molar-refractivity contribution in [2.45, 2.75) is 45.2 Å². The molecule has 2 amide bonds. The fourth-order valence-corrected chi connectivity index (χ4v) is 4.04. The summed E-state index contributed by atoms with van der Waals surface area (Å²) in [5, 5.41) is 5.04. The fourth-order valence-electron chi connectivity index (χ4n) is 2.65. The molecule has 2 unspecified atom stereocenters. The van der Waals surface area contributed by atoms with Crippen LogP contribution in [0, 0.1) is 5.92 Å². The summed E-state index contributed by atoms with van der Waals surface area (Å²) < 4.78 is 1.08. The molecule has 0 spiro atoms. The van der Waals surface area contributed by atoms with Gasteiger partial charge in [0.05, 0.1) is 6.54 Å². The molecule has 1 aliphatic rings. The molecular weight excluding hydrogens is 324 g/mol. The van der Waals surface area contributed by atoms with Crippen molar-refractivity contribution in [1.29, 1.82) is 0 Å². The van der Waals surface area contributed by atoms with Crippen molar-refractivity contribution in [1.82, 2.24) is 10.2 Å². The fraction of sp³-hybridized carbons (Fsp3) is 0.643. The van der Waals surface area contributed by atoms with E-state index in [4.69, 9.17) is 0 Å². The van der Waals surface area contributed by atoms with E-state index in [0.717, 1.165) is 23.2 Å². The number of amides is 2. The zero-order chi connectivity index (χ0) is 13.8. The van der Waals surface area contributed by atoms with Crippen molar-refractivity contribution in [3.8, 4) is 0 Å². The predicted octanol–water partition coefficient (Wildman–Crippen LogP) is 4.23. The van der Waals surface area contributed by atoms with Gasteiger partial charge in [-0.3, -0.25) is 0 Å². The van der Waals surface area contributed by atoms with Crippen LogP contribution in [0.2, 0.25) is 0 Å². The van der Waals surface area contributed by atoms with Crippen molar-refractivity contribution in [3.63, 3.8) is 0 Å². The Bertz CT molecular complexity index is 435. The van der Waals surface area contributed by atoms with Crippen LogP contribution in [0.25, 0.3) is 0 Å². The maximum Gasteiger partial charge on any atom is 0.317 e. The minimum Gasteiger partial charge on any atom is -0.333 e. The second-order valence-corrected chi connectivity index (χ2v) is 7.34. The molecule has 1 aromatic heterocycles. The smallest absolute Gasteiger partial charge is 0.317 e. The van der Waals surface area contributed by atoms with Gasteiger partial charge in [0.2, 0.25) is 0 Å². The van der Waals surface area contributed by atoms with Gasteiger partial charge in [0, 0.05) is 27.8 Å². The zero-order valence-electron chi connectivity index (χ0n) is 11.5. The molecule has 3 nitrogen and oxygen atoms in total. The average molecular weight is 345 g/mol. The van der Waals surface area contributed by atoms with Crippen LogP contribution in [0.4, 0.5) is 4.79 Å². The summed E-state index contributed by atoms with van der Waals surface area (Å²) in [7, 11) is 1.92. The van der Waals surface area contributed by atoms with Crippen molar-refractivity contribution in [3.05, 3.63) is 20.8 Å². The Morgan fingerprint density at radius 1 is 1.58 bits per heavy atom. The molecule has 5 heteroatoms. The molecule has 1 heterocycles. The van der Waals surface area contributed by atoms with E-state index < -0.39 is 0 Å². The number of thiophene rings is 1. The first-order valence-corrected chi connectivity index (χ1v) is 8.47. The van der Waals surface area contributed by atoms with Crippen molar-refractivity contribution in [2.75, 3.05) is 7.05 Å². The largest absolute Gasteiger partial charge is 0.333 e. The van der Waals surface area contributed by atoms with Gasteiger partial charge < -0.3 is 10.2 Å². The van der Waals surface area contributed by atoms with E-state index in [2.05, 4.69) is 28.2 Å². The van der Waals surface area contributed by atoms with Gasteiger partial charge in [-0.2, -0.15) is 0 Å². The summed E-state index contributed by atoms with van der Waals surface area (Å²) in [6.45, 7) is 2.89. The van der Waals surface area contributed by atoms with Gasteiger partial charge in [-0.05, 0) is 40.8 Å². The molecule has 1 aliphatic carbocycles. The van der Waals surface area contributed by atoms with Crippen molar-refractivity contribution < 1.29 is 4.79 Å². The number of nitrogens with zero attached hydrogens (tertiary/aromatic N) is 1. The third-order valence-electron chi connectivity index (χ3n) is 3.81. The number of carbonyl (C=O) groups excluding carboxylic acids is 1. The van der Waals surface area contributed by atoms with Gasteiger partial charge in [0.15, 0.2) is 0 Å². The van der Waals surface area contributed by atoms with E-state index in [1.807, 2.05) is 23.4 Å². The highest BCUT2D eigenvalue weighted by Crippen LogP contribution is 2.26. The lowest BCUT2D eigenvalue weighted by atomic mass is 9.86. The van der Waals surface area contributed by atoms with Crippen LogP contribution < -0.4 is 5.32 Å². The summed E-state index contributed by atoms with van der Waals surface area (Å²) in [5.41, 5.74) is 0. The normalized spacial score (nSPS) is 23.1. The number of hydrogen-bond donors (Lipinski definition) is 1. The summed E-state index contributed by atoms with van der Waals surface area (Å²) in [6, 6.07) is 2.50. The number of halogens is 1. The molecule has 2 rings (SSSR count). The molecule has 0 aliphatic heterocycles. The lowest BCUT2D eigenvalue weighted by Gasteiger charge is -2.34. The van der Waals surface area contributed by atoms with Gasteiger partial charge in [0.25, 0.3) is 0 Å². The third kappa shape index (κ3) is 4.21. The molecule has 0 saturated heterocycles. The molecular formula is C14H21BrN2OS. The Labute approximate surface area is 127 Å². The summed E-state index contributed by atoms with van der Waals surface area (Å²) >= 11 is 5.08. The molecule has 1 N–H and O–H groups in total. The monoisotopic (exact) mass is 344 g/mol. The lowest BCUT2D eigenvalue weighted by Crippen LogP contribution is -2.45. The summed E-state index contributed by atoms with van der Waals surface area (Å²) in [4.78, 5) is 15.2. The van der Waals surface area contributed by atoms with Crippen LogP contribution in [0.15, 0.2) is 15.9 Å². The van der Waals surface area contributed by atoms with Crippen LogP contribution in [-0.2, 0) is 6.54 Å². The van der Waals surface area contributed by atoms with Gasteiger partial charge in [-0.15, -0.1) is 11.3 Å². The van der Waals surface area contributed by atoms with E-state index in [1.54, 1.807) is 11.3 Å². The second kappa shape index (κ2) is 6.75. The Morgan fingerprint density at radius 3 is 3.00 bits per heavy atom. The van der Waals surface area contributed by atoms with E-state index in [1.165, 1.54) is 17.7 Å². The standard InChI is InChI=1S/C14H21BrN2OS/c1-10-4-3-5-12(6-10)17(2)14(18)16-8-13-7-11(15)9-19-13/h7,9-10,12H,3-6,8H2,1-2H3,(H,16,18). The van der Waals surface area contributed by atoms with E-state index in [-0.39, 0.29) is 6.03 Å². The average Bonchev–Trinajstić information content (AvgIpc) is 2.81. The van der Waals surface area contributed by atoms with E-state index >= 15 is 0 Å². The first-order valence-electron chi connectivity index (χ1n) is 6.80. The Morgan fingerprint density at radius 2 is 2.37 bits per heavy atom. The molecule has 1 fully saturated rings. The molecule has 0 aromatic carbocycles. The highest BCUT2D eigenvalue weighted by atomic mass is 79.9. The number of urea groups is 1. The van der Waals surface area contributed by atoms with Gasteiger partial charge >= 0.3 is 6.03 Å². The number of nitrogens with one attached hydrogen (secondary N) is 1.